The van der Waals surface area contributed by atoms with Crippen LogP contribution in [0.4, 0.5) is 5.82 Å². The first-order valence-electron chi connectivity index (χ1n) is 3.35. The van der Waals surface area contributed by atoms with Crippen molar-refractivity contribution in [3.8, 4) is 0 Å². The largest absolute Gasteiger partial charge is 0.382 e. The van der Waals surface area contributed by atoms with E-state index in [4.69, 9.17) is 23.1 Å². The first-order valence-corrected chi connectivity index (χ1v) is 3.73. The Morgan fingerprint density at radius 3 is 2.85 bits per heavy atom. The van der Waals surface area contributed by atoms with Crippen molar-refractivity contribution in [3.05, 3.63) is 23.1 Å². The highest BCUT2D eigenvalue weighted by molar-refractivity contribution is 6.30. The van der Waals surface area contributed by atoms with Gasteiger partial charge in [0.2, 0.25) is 5.91 Å². The van der Waals surface area contributed by atoms with E-state index in [9.17, 15) is 4.79 Å². The highest BCUT2D eigenvalue weighted by Gasteiger charge is 1.99. The molecule has 1 rings (SSSR count). The Kier molecular flexibility index (Phi) is 2.81. The van der Waals surface area contributed by atoms with Gasteiger partial charge >= 0.3 is 0 Å². The topological polar surface area (TPSA) is 94.9 Å². The molecule has 6 heteroatoms. The number of anilines is 1. The molecule has 0 saturated carbocycles. The number of amides is 1. The van der Waals surface area contributed by atoms with Crippen LogP contribution in [0.5, 0.6) is 0 Å². The summed E-state index contributed by atoms with van der Waals surface area (Å²) in [4.78, 5) is 17.9. The van der Waals surface area contributed by atoms with E-state index in [1.807, 2.05) is 0 Å². The lowest BCUT2D eigenvalue weighted by Gasteiger charge is -1.96. The molecule has 5 nitrogen and oxygen atoms in total. The molecule has 0 saturated heterocycles. The maximum Gasteiger partial charge on any atom is 0.241 e. The molecule has 1 aromatic rings. The molecule has 0 fully saturated rings. The highest BCUT2D eigenvalue weighted by Crippen LogP contribution is 2.12. The summed E-state index contributed by atoms with van der Waals surface area (Å²) in [7, 11) is 0. The van der Waals surface area contributed by atoms with Crippen LogP contribution in [0.2, 0.25) is 5.15 Å². The minimum absolute atomic E-state index is 0.137. The fraction of sp³-hybridized carbons (Fsp3) is 0. The van der Waals surface area contributed by atoms with Crippen molar-refractivity contribution in [1.82, 2.24) is 9.97 Å². The van der Waals surface area contributed by atoms with Crippen LogP contribution < -0.4 is 11.5 Å². The molecule has 68 valence electrons. The third-order valence-electron chi connectivity index (χ3n) is 1.18. The number of hydrogen-bond acceptors (Lipinski definition) is 4. The predicted octanol–water partition coefficient (Wildman–Crippen LogP) is 0.211. The van der Waals surface area contributed by atoms with Crippen LogP contribution in [0.25, 0.3) is 6.08 Å². The first-order chi connectivity index (χ1) is 6.09. The van der Waals surface area contributed by atoms with Crippen molar-refractivity contribution in [1.29, 1.82) is 0 Å². The highest BCUT2D eigenvalue weighted by atomic mass is 35.5. The number of carbonyl (C=O) groups is 1. The number of aromatic nitrogens is 2. The van der Waals surface area contributed by atoms with Crippen molar-refractivity contribution in [2.75, 3.05) is 5.73 Å². The number of nitrogens with two attached hydrogens (primary N) is 2. The van der Waals surface area contributed by atoms with Crippen LogP contribution in [0, 0.1) is 0 Å². The molecule has 0 atom stereocenters. The Bertz CT molecular complexity index is 364. The lowest BCUT2D eigenvalue weighted by atomic mass is 10.4. The number of primary amides is 1. The quantitative estimate of drug-likeness (QED) is 0.664. The van der Waals surface area contributed by atoms with Crippen LogP contribution in [-0.2, 0) is 4.79 Å². The van der Waals surface area contributed by atoms with Gasteiger partial charge in [0, 0.05) is 6.08 Å². The Labute approximate surface area is 79.4 Å². The van der Waals surface area contributed by atoms with E-state index < -0.39 is 5.91 Å². The average molecular weight is 199 g/mol. The van der Waals surface area contributed by atoms with Crippen LogP contribution in [0.3, 0.4) is 0 Å². The van der Waals surface area contributed by atoms with Crippen molar-refractivity contribution >= 4 is 29.4 Å². The van der Waals surface area contributed by atoms with Crippen LogP contribution in [-0.4, -0.2) is 15.9 Å². The molecule has 1 heterocycles. The summed E-state index contributed by atoms with van der Waals surface area (Å²) in [5.74, 6) is -0.351. The average Bonchev–Trinajstić information content (AvgIpc) is 2.02. The van der Waals surface area contributed by atoms with Gasteiger partial charge in [-0.3, -0.25) is 4.79 Å². The summed E-state index contributed by atoms with van der Waals surface area (Å²) in [6.07, 6.45) is 3.86. The molecular weight excluding hydrogens is 192 g/mol. The molecule has 0 radical (unpaired) electrons. The SMILES string of the molecule is NC(=O)C=Cc1ncc(N)nc1Cl. The number of nitrogen functional groups attached to an aromatic ring is 1. The summed E-state index contributed by atoms with van der Waals surface area (Å²) < 4.78 is 0. The Morgan fingerprint density at radius 1 is 1.62 bits per heavy atom. The van der Waals surface area contributed by atoms with Gasteiger partial charge < -0.3 is 11.5 Å². The van der Waals surface area contributed by atoms with Crippen molar-refractivity contribution < 1.29 is 4.79 Å². The fourth-order valence-electron chi connectivity index (χ4n) is 0.661. The van der Waals surface area contributed by atoms with Crippen LogP contribution in [0.15, 0.2) is 12.3 Å². The second kappa shape index (κ2) is 3.86. The van der Waals surface area contributed by atoms with Gasteiger partial charge in [-0.2, -0.15) is 0 Å². The molecule has 0 spiro atoms. The Balaban J connectivity index is 2.96. The zero-order valence-corrected chi connectivity index (χ0v) is 7.32. The van der Waals surface area contributed by atoms with Gasteiger partial charge in [-0.1, -0.05) is 11.6 Å². The van der Waals surface area contributed by atoms with E-state index in [0.717, 1.165) is 6.08 Å². The monoisotopic (exact) mass is 198 g/mol. The van der Waals surface area contributed by atoms with E-state index in [0.29, 0.717) is 5.69 Å². The van der Waals surface area contributed by atoms with Gasteiger partial charge in [0.05, 0.1) is 6.20 Å². The Hall–Kier alpha value is -1.62. The molecule has 0 aliphatic carbocycles. The van der Waals surface area contributed by atoms with Crippen LogP contribution in [0.1, 0.15) is 5.69 Å². The molecule has 0 aliphatic heterocycles. The standard InChI is InChI=1S/C7H7ClN4O/c8-7-4(1-2-6(10)13)11-3-5(9)12-7/h1-3H,(H2,9,12)(H2,10,13). The lowest BCUT2D eigenvalue weighted by molar-refractivity contribution is -0.113. The van der Waals surface area contributed by atoms with E-state index in [2.05, 4.69) is 9.97 Å². The third kappa shape index (κ3) is 2.72. The molecule has 13 heavy (non-hydrogen) atoms. The lowest BCUT2D eigenvalue weighted by Crippen LogP contribution is -2.05. The molecule has 0 unspecified atom stereocenters. The molecular formula is C7H7ClN4O. The molecule has 0 aliphatic rings. The second-order valence-electron chi connectivity index (χ2n) is 2.21. The molecule has 4 N–H and O–H groups in total. The summed E-state index contributed by atoms with van der Waals surface area (Å²) >= 11 is 5.66. The van der Waals surface area contributed by atoms with Crippen molar-refractivity contribution in [2.45, 2.75) is 0 Å². The second-order valence-corrected chi connectivity index (χ2v) is 2.56. The number of hydrogen-bond donors (Lipinski definition) is 2. The van der Waals surface area contributed by atoms with E-state index in [-0.39, 0.29) is 11.0 Å². The van der Waals surface area contributed by atoms with Gasteiger partial charge in [-0.25, -0.2) is 9.97 Å². The predicted molar refractivity (Wildman–Crippen MR) is 49.7 cm³/mol. The summed E-state index contributed by atoms with van der Waals surface area (Å²) in [5.41, 5.74) is 10.5. The van der Waals surface area contributed by atoms with Gasteiger partial charge in [0.25, 0.3) is 0 Å². The zero-order chi connectivity index (χ0) is 9.84. The number of rotatable bonds is 2. The Morgan fingerprint density at radius 2 is 2.31 bits per heavy atom. The van der Waals surface area contributed by atoms with Gasteiger partial charge in [-0.05, 0) is 6.08 Å². The molecule has 1 amide bonds. The van der Waals surface area contributed by atoms with Gasteiger partial charge in [0.15, 0.2) is 5.15 Å². The molecule has 1 aromatic heterocycles. The normalized spacial score (nSPS) is 10.5. The first kappa shape index (κ1) is 9.47. The summed E-state index contributed by atoms with van der Waals surface area (Å²) in [6.45, 7) is 0. The van der Waals surface area contributed by atoms with Crippen molar-refractivity contribution in [3.63, 3.8) is 0 Å². The summed E-state index contributed by atoms with van der Waals surface area (Å²) in [6, 6.07) is 0. The number of nitrogens with zero attached hydrogens (tertiary/aromatic N) is 2. The zero-order valence-electron chi connectivity index (χ0n) is 6.57. The number of halogens is 1. The van der Waals surface area contributed by atoms with Crippen LogP contribution >= 0.6 is 11.6 Å². The van der Waals surface area contributed by atoms with Gasteiger partial charge in [0.1, 0.15) is 11.5 Å². The van der Waals surface area contributed by atoms with Gasteiger partial charge in [-0.15, -0.1) is 0 Å². The van der Waals surface area contributed by atoms with Crippen molar-refractivity contribution in [2.24, 2.45) is 5.73 Å². The maximum atomic E-state index is 10.4. The fourth-order valence-corrected chi connectivity index (χ4v) is 0.871. The maximum absolute atomic E-state index is 10.4. The number of carbonyl (C=O) groups excluding carboxylic acids is 1. The molecule has 0 aromatic carbocycles. The minimum Gasteiger partial charge on any atom is -0.382 e. The van der Waals surface area contributed by atoms with E-state index in [1.165, 1.54) is 12.3 Å². The summed E-state index contributed by atoms with van der Waals surface area (Å²) in [5, 5.41) is 0.137. The molecule has 0 bridgehead atoms. The smallest absolute Gasteiger partial charge is 0.241 e. The minimum atomic E-state index is -0.574. The third-order valence-corrected chi connectivity index (χ3v) is 1.46. The van der Waals surface area contributed by atoms with E-state index >= 15 is 0 Å². The van der Waals surface area contributed by atoms with E-state index in [1.54, 1.807) is 0 Å².